The van der Waals surface area contributed by atoms with Crippen molar-refractivity contribution in [3.63, 3.8) is 0 Å². The molecule has 0 unspecified atom stereocenters. The molecule has 0 saturated heterocycles. The van der Waals surface area contributed by atoms with Crippen LogP contribution in [0.2, 0.25) is 5.02 Å². The van der Waals surface area contributed by atoms with Gasteiger partial charge in [0.15, 0.2) is 0 Å². The van der Waals surface area contributed by atoms with Crippen LogP contribution >= 0.6 is 11.6 Å². The van der Waals surface area contributed by atoms with Crippen molar-refractivity contribution in [2.45, 2.75) is 11.8 Å². The van der Waals surface area contributed by atoms with Gasteiger partial charge in [-0.15, -0.1) is 0 Å². The highest BCUT2D eigenvalue weighted by Gasteiger charge is 2.16. The third kappa shape index (κ3) is 4.94. The van der Waals surface area contributed by atoms with Crippen LogP contribution in [0, 0.1) is 17.0 Å². The number of nitrogens with zero attached hydrogens (tertiary/aromatic N) is 1. The third-order valence-corrected chi connectivity index (χ3v) is 5.87. The van der Waals surface area contributed by atoms with E-state index in [9.17, 15) is 23.3 Å². The molecule has 0 bridgehead atoms. The Morgan fingerprint density at radius 1 is 1.00 bits per heavy atom. The maximum Gasteiger partial charge on any atom is 0.271 e. The summed E-state index contributed by atoms with van der Waals surface area (Å²) in [6.45, 7) is 1.86. The van der Waals surface area contributed by atoms with Crippen LogP contribution in [0.15, 0.2) is 71.6 Å². The monoisotopic (exact) mass is 445 g/mol. The van der Waals surface area contributed by atoms with Gasteiger partial charge in [0, 0.05) is 23.4 Å². The lowest BCUT2D eigenvalue weighted by atomic mass is 10.2. The minimum absolute atomic E-state index is 0.0972. The number of sulfonamides is 1. The first-order valence-corrected chi connectivity index (χ1v) is 10.5. The number of aryl methyl sites for hydroxylation is 1. The smallest absolute Gasteiger partial charge is 0.271 e. The number of hydrogen-bond donors (Lipinski definition) is 2. The van der Waals surface area contributed by atoms with Crippen molar-refractivity contribution in [3.05, 3.63) is 93.0 Å². The largest absolute Gasteiger partial charge is 0.320 e. The molecule has 154 valence electrons. The van der Waals surface area contributed by atoms with Crippen molar-refractivity contribution in [3.8, 4) is 0 Å². The summed E-state index contributed by atoms with van der Waals surface area (Å²) in [7, 11) is -3.76. The molecule has 0 atom stereocenters. The van der Waals surface area contributed by atoms with E-state index in [1.165, 1.54) is 48.5 Å². The Hall–Kier alpha value is -3.43. The molecule has 0 fully saturated rings. The van der Waals surface area contributed by atoms with Gasteiger partial charge < -0.3 is 5.32 Å². The van der Waals surface area contributed by atoms with Crippen LogP contribution in [0.3, 0.4) is 0 Å². The fourth-order valence-corrected chi connectivity index (χ4v) is 3.76. The zero-order valence-corrected chi connectivity index (χ0v) is 17.2. The van der Waals surface area contributed by atoms with Gasteiger partial charge in [0.05, 0.1) is 20.5 Å². The predicted octanol–water partition coefficient (Wildman–Crippen LogP) is 4.61. The summed E-state index contributed by atoms with van der Waals surface area (Å²) in [5, 5.41) is 13.5. The summed E-state index contributed by atoms with van der Waals surface area (Å²) in [4.78, 5) is 22.8. The fraction of sp³-hybridized carbons (Fsp3) is 0.0500. The number of nitro groups is 1. The molecule has 2 N–H and O–H groups in total. The summed E-state index contributed by atoms with van der Waals surface area (Å²) in [6, 6.07) is 15.8. The molecule has 0 aliphatic heterocycles. The van der Waals surface area contributed by atoms with Crippen molar-refractivity contribution in [1.82, 2.24) is 0 Å². The van der Waals surface area contributed by atoms with Crippen LogP contribution < -0.4 is 10.0 Å². The molecule has 0 heterocycles. The quantitative estimate of drug-likeness (QED) is 0.424. The lowest BCUT2D eigenvalue weighted by molar-refractivity contribution is -0.384. The molecule has 30 heavy (non-hydrogen) atoms. The maximum absolute atomic E-state index is 12.4. The van der Waals surface area contributed by atoms with E-state index >= 15 is 0 Å². The van der Waals surface area contributed by atoms with E-state index in [0.29, 0.717) is 0 Å². The lowest BCUT2D eigenvalue weighted by Gasteiger charge is -2.10. The van der Waals surface area contributed by atoms with Gasteiger partial charge in [-0.05, 0) is 49.4 Å². The van der Waals surface area contributed by atoms with Crippen molar-refractivity contribution in [1.29, 1.82) is 0 Å². The Bertz CT molecular complexity index is 1210. The highest BCUT2D eigenvalue weighted by atomic mass is 35.5. The Balaban J connectivity index is 1.74. The first kappa shape index (κ1) is 21.3. The number of amides is 1. The van der Waals surface area contributed by atoms with E-state index in [2.05, 4.69) is 10.0 Å². The predicted molar refractivity (Wildman–Crippen MR) is 114 cm³/mol. The number of nitro benzene ring substituents is 1. The summed E-state index contributed by atoms with van der Waals surface area (Å²) in [5.41, 5.74) is 1.32. The first-order valence-electron chi connectivity index (χ1n) is 8.60. The Morgan fingerprint density at radius 2 is 1.63 bits per heavy atom. The summed E-state index contributed by atoms with van der Waals surface area (Å²) in [5.74, 6) is -0.551. The van der Waals surface area contributed by atoms with Gasteiger partial charge in [0.1, 0.15) is 0 Å². The minimum atomic E-state index is -3.76. The van der Waals surface area contributed by atoms with Crippen LogP contribution in [0.1, 0.15) is 15.9 Å². The highest BCUT2D eigenvalue weighted by molar-refractivity contribution is 7.92. The number of nitrogens with one attached hydrogen (secondary N) is 2. The van der Waals surface area contributed by atoms with Gasteiger partial charge in [0.2, 0.25) is 0 Å². The molecular formula is C20H16ClN3O5S. The zero-order chi connectivity index (χ0) is 21.9. The van der Waals surface area contributed by atoms with E-state index in [1.807, 2.05) is 6.92 Å². The van der Waals surface area contributed by atoms with E-state index in [1.54, 1.807) is 12.1 Å². The zero-order valence-electron chi connectivity index (χ0n) is 15.6. The van der Waals surface area contributed by atoms with E-state index in [0.717, 1.165) is 11.6 Å². The number of carbonyl (C=O) groups excluding carboxylic acids is 1. The second kappa shape index (κ2) is 8.52. The molecule has 10 heteroatoms. The molecule has 0 spiro atoms. The van der Waals surface area contributed by atoms with Crippen LogP contribution in [-0.4, -0.2) is 19.2 Å². The van der Waals surface area contributed by atoms with E-state index < -0.39 is 20.9 Å². The van der Waals surface area contributed by atoms with Crippen LogP contribution in [-0.2, 0) is 10.0 Å². The minimum Gasteiger partial charge on any atom is -0.320 e. The average Bonchev–Trinajstić information content (AvgIpc) is 2.70. The van der Waals surface area contributed by atoms with Crippen molar-refractivity contribution >= 4 is 44.6 Å². The molecule has 3 rings (SSSR count). The van der Waals surface area contributed by atoms with Gasteiger partial charge in [-0.1, -0.05) is 29.3 Å². The SMILES string of the molecule is Cc1ccc(S(=O)(=O)Nc2ccc(C(=O)Nc3cc([N+](=O)[O-])ccc3Cl)cc2)cc1. The molecule has 0 aromatic heterocycles. The first-order chi connectivity index (χ1) is 14.2. The maximum atomic E-state index is 12.4. The van der Waals surface area contributed by atoms with Gasteiger partial charge >= 0.3 is 0 Å². The molecule has 8 nitrogen and oxygen atoms in total. The summed E-state index contributed by atoms with van der Waals surface area (Å²) in [6.07, 6.45) is 0. The molecule has 0 aliphatic carbocycles. The van der Waals surface area contributed by atoms with Crippen molar-refractivity contribution in [2.24, 2.45) is 0 Å². The Kier molecular flexibility index (Phi) is 6.04. The average molecular weight is 446 g/mol. The number of halogens is 1. The van der Waals surface area contributed by atoms with Gasteiger partial charge in [0.25, 0.3) is 21.6 Å². The molecule has 3 aromatic rings. The summed E-state index contributed by atoms with van der Waals surface area (Å²) >= 11 is 5.98. The molecule has 0 aliphatic rings. The number of anilines is 2. The molecular weight excluding hydrogens is 430 g/mol. The third-order valence-electron chi connectivity index (χ3n) is 4.14. The molecule has 3 aromatic carbocycles. The summed E-state index contributed by atoms with van der Waals surface area (Å²) < 4.78 is 27.3. The van der Waals surface area contributed by atoms with Crippen LogP contribution in [0.4, 0.5) is 17.1 Å². The van der Waals surface area contributed by atoms with Gasteiger partial charge in [-0.3, -0.25) is 19.6 Å². The van der Waals surface area contributed by atoms with E-state index in [4.69, 9.17) is 11.6 Å². The number of non-ortho nitro benzene ring substituents is 1. The van der Waals surface area contributed by atoms with Gasteiger partial charge in [-0.25, -0.2) is 8.42 Å². The fourth-order valence-electron chi connectivity index (χ4n) is 2.54. The number of carbonyl (C=O) groups is 1. The second-order valence-corrected chi connectivity index (χ2v) is 8.46. The standard InChI is InChI=1S/C20H16ClN3O5S/c1-13-2-9-17(10-3-13)30(28,29)23-15-6-4-14(5-7-15)20(25)22-19-12-16(24(26)27)8-11-18(19)21/h2-12,23H,1H3,(H,22,25). The number of hydrogen-bond acceptors (Lipinski definition) is 5. The lowest BCUT2D eigenvalue weighted by Crippen LogP contribution is -2.14. The molecule has 1 amide bonds. The number of benzene rings is 3. The normalized spacial score (nSPS) is 11.0. The second-order valence-electron chi connectivity index (χ2n) is 6.37. The van der Waals surface area contributed by atoms with Gasteiger partial charge in [-0.2, -0.15) is 0 Å². The Morgan fingerprint density at radius 3 is 2.23 bits per heavy atom. The topological polar surface area (TPSA) is 118 Å². The Labute approximate surface area is 177 Å². The van der Waals surface area contributed by atoms with Crippen LogP contribution in [0.5, 0.6) is 0 Å². The highest BCUT2D eigenvalue weighted by Crippen LogP contribution is 2.27. The number of rotatable bonds is 6. The molecule has 0 saturated carbocycles. The van der Waals surface area contributed by atoms with E-state index in [-0.39, 0.29) is 32.5 Å². The van der Waals surface area contributed by atoms with Crippen molar-refractivity contribution in [2.75, 3.05) is 10.0 Å². The molecule has 0 radical (unpaired) electrons. The van der Waals surface area contributed by atoms with Crippen molar-refractivity contribution < 1.29 is 18.1 Å². The van der Waals surface area contributed by atoms with Crippen LogP contribution in [0.25, 0.3) is 0 Å².